The number of piperazine rings is 1. The Morgan fingerprint density at radius 3 is 2.63 bits per heavy atom. The SMILES string of the molecule is CC1CN(c2nc(Cc3ccc(F)cc3)ns2)CCN1C(=O)NC(C)(C)C. The highest BCUT2D eigenvalue weighted by atomic mass is 32.1. The van der Waals surface area contributed by atoms with Gasteiger partial charge in [-0.3, -0.25) is 0 Å². The molecule has 2 heterocycles. The maximum Gasteiger partial charge on any atom is 0.318 e. The minimum Gasteiger partial charge on any atom is -0.343 e. The molecule has 1 atom stereocenters. The number of urea groups is 1. The second kappa shape index (κ2) is 7.80. The Labute approximate surface area is 163 Å². The summed E-state index contributed by atoms with van der Waals surface area (Å²) >= 11 is 1.37. The molecular formula is C19H26FN5OS. The lowest BCUT2D eigenvalue weighted by molar-refractivity contribution is 0.163. The summed E-state index contributed by atoms with van der Waals surface area (Å²) in [6.45, 7) is 10.1. The number of rotatable bonds is 3. The van der Waals surface area contributed by atoms with Gasteiger partial charge in [-0.15, -0.1) is 0 Å². The fourth-order valence-electron chi connectivity index (χ4n) is 3.06. The first-order chi connectivity index (χ1) is 12.7. The molecule has 1 aromatic heterocycles. The lowest BCUT2D eigenvalue weighted by atomic mass is 10.1. The fraction of sp³-hybridized carbons (Fsp3) is 0.526. The van der Waals surface area contributed by atoms with Crippen LogP contribution in [0.1, 0.15) is 39.1 Å². The summed E-state index contributed by atoms with van der Waals surface area (Å²) in [5.41, 5.74) is 0.736. The highest BCUT2D eigenvalue weighted by Crippen LogP contribution is 2.22. The van der Waals surface area contributed by atoms with Gasteiger partial charge >= 0.3 is 6.03 Å². The van der Waals surface area contributed by atoms with Crippen LogP contribution in [0, 0.1) is 5.82 Å². The van der Waals surface area contributed by atoms with E-state index in [-0.39, 0.29) is 23.4 Å². The van der Waals surface area contributed by atoms with Crippen LogP contribution in [0.25, 0.3) is 0 Å². The molecule has 1 aliphatic heterocycles. The van der Waals surface area contributed by atoms with Crippen molar-refractivity contribution in [2.24, 2.45) is 0 Å². The average molecular weight is 392 g/mol. The standard InChI is InChI=1S/C19H26FN5OS/c1-13-12-24(9-10-25(13)17(26)22-19(2,3)4)18-21-16(23-27-18)11-14-5-7-15(20)8-6-14/h5-8,13H,9-12H2,1-4H3,(H,22,26). The summed E-state index contributed by atoms with van der Waals surface area (Å²) in [4.78, 5) is 21.1. The monoisotopic (exact) mass is 391 g/mol. The molecule has 0 aliphatic carbocycles. The average Bonchev–Trinajstić information content (AvgIpc) is 3.03. The van der Waals surface area contributed by atoms with Crippen molar-refractivity contribution in [1.29, 1.82) is 0 Å². The lowest BCUT2D eigenvalue weighted by Crippen LogP contribution is -2.59. The zero-order chi connectivity index (χ0) is 19.6. The van der Waals surface area contributed by atoms with Crippen LogP contribution >= 0.6 is 11.5 Å². The van der Waals surface area contributed by atoms with Crippen molar-refractivity contribution >= 4 is 22.7 Å². The highest BCUT2D eigenvalue weighted by molar-refractivity contribution is 7.09. The number of nitrogens with one attached hydrogen (secondary N) is 1. The minimum atomic E-state index is -0.248. The second-order valence-corrected chi connectivity index (χ2v) is 8.70. The Morgan fingerprint density at radius 2 is 2.00 bits per heavy atom. The van der Waals surface area contributed by atoms with Gasteiger partial charge in [-0.2, -0.15) is 4.37 Å². The van der Waals surface area contributed by atoms with Gasteiger partial charge in [0.2, 0.25) is 5.13 Å². The molecule has 0 saturated carbocycles. The first kappa shape index (κ1) is 19.5. The predicted molar refractivity (Wildman–Crippen MR) is 106 cm³/mol. The summed E-state index contributed by atoms with van der Waals surface area (Å²) in [7, 11) is 0. The van der Waals surface area contributed by atoms with Gasteiger partial charge in [-0.05, 0) is 45.4 Å². The van der Waals surface area contributed by atoms with E-state index in [2.05, 4.69) is 26.5 Å². The number of carbonyl (C=O) groups excluding carboxylic acids is 1. The third-order valence-electron chi connectivity index (χ3n) is 4.37. The molecule has 0 spiro atoms. The quantitative estimate of drug-likeness (QED) is 0.872. The third-order valence-corrected chi connectivity index (χ3v) is 5.19. The van der Waals surface area contributed by atoms with Gasteiger partial charge in [0.15, 0.2) is 0 Å². The molecule has 1 unspecified atom stereocenters. The number of amides is 2. The van der Waals surface area contributed by atoms with Gasteiger partial charge in [-0.1, -0.05) is 12.1 Å². The molecule has 146 valence electrons. The van der Waals surface area contributed by atoms with Crippen molar-refractivity contribution < 1.29 is 9.18 Å². The Morgan fingerprint density at radius 1 is 1.30 bits per heavy atom. The van der Waals surface area contributed by atoms with Crippen LogP contribution in [0.5, 0.6) is 0 Å². The van der Waals surface area contributed by atoms with E-state index in [1.165, 1.54) is 23.7 Å². The zero-order valence-corrected chi connectivity index (χ0v) is 17.0. The molecule has 6 nitrogen and oxygen atoms in total. The summed E-state index contributed by atoms with van der Waals surface area (Å²) in [6, 6.07) is 6.47. The maximum atomic E-state index is 13.0. The van der Waals surface area contributed by atoms with Gasteiger partial charge in [0, 0.05) is 49.2 Å². The number of hydrogen-bond donors (Lipinski definition) is 1. The van der Waals surface area contributed by atoms with Crippen LogP contribution < -0.4 is 10.2 Å². The normalized spacial score (nSPS) is 17.9. The van der Waals surface area contributed by atoms with Crippen LogP contribution in [0.3, 0.4) is 0 Å². The smallest absolute Gasteiger partial charge is 0.318 e. The molecule has 1 saturated heterocycles. The lowest BCUT2D eigenvalue weighted by Gasteiger charge is -2.40. The molecular weight excluding hydrogens is 365 g/mol. The topological polar surface area (TPSA) is 61.4 Å². The van der Waals surface area contributed by atoms with E-state index in [0.29, 0.717) is 13.0 Å². The van der Waals surface area contributed by atoms with Crippen LogP contribution in [0.2, 0.25) is 0 Å². The molecule has 1 aliphatic rings. The van der Waals surface area contributed by atoms with E-state index in [4.69, 9.17) is 0 Å². The van der Waals surface area contributed by atoms with Crippen LogP contribution in [0.15, 0.2) is 24.3 Å². The van der Waals surface area contributed by atoms with Crippen molar-refractivity contribution in [3.05, 3.63) is 41.5 Å². The maximum absolute atomic E-state index is 13.0. The third kappa shape index (κ3) is 5.15. The summed E-state index contributed by atoms with van der Waals surface area (Å²) in [5, 5.41) is 3.90. The van der Waals surface area contributed by atoms with E-state index >= 15 is 0 Å². The van der Waals surface area contributed by atoms with Crippen molar-refractivity contribution in [2.45, 2.75) is 45.7 Å². The van der Waals surface area contributed by atoms with Crippen LogP contribution in [-0.4, -0.2) is 51.5 Å². The molecule has 1 fully saturated rings. The van der Waals surface area contributed by atoms with Gasteiger partial charge in [0.1, 0.15) is 11.6 Å². The minimum absolute atomic E-state index is 0.0242. The van der Waals surface area contributed by atoms with Gasteiger partial charge in [-0.25, -0.2) is 14.2 Å². The number of anilines is 1. The fourth-order valence-corrected chi connectivity index (χ4v) is 3.78. The number of aromatic nitrogens is 2. The van der Waals surface area contributed by atoms with Crippen molar-refractivity contribution in [3.63, 3.8) is 0 Å². The largest absolute Gasteiger partial charge is 0.343 e. The molecule has 2 amide bonds. The number of hydrogen-bond acceptors (Lipinski definition) is 5. The number of benzene rings is 1. The van der Waals surface area contributed by atoms with E-state index in [0.717, 1.165) is 29.6 Å². The van der Waals surface area contributed by atoms with Crippen molar-refractivity contribution in [1.82, 2.24) is 19.6 Å². The Bertz CT molecular complexity index is 786. The summed E-state index contributed by atoms with van der Waals surface area (Å²) < 4.78 is 17.5. The molecule has 1 N–H and O–H groups in total. The Balaban J connectivity index is 1.60. The molecule has 3 rings (SSSR count). The summed E-state index contributed by atoms with van der Waals surface area (Å²) in [5.74, 6) is 0.496. The first-order valence-electron chi connectivity index (χ1n) is 9.12. The van der Waals surface area contributed by atoms with Crippen LogP contribution in [0.4, 0.5) is 14.3 Å². The van der Waals surface area contributed by atoms with E-state index in [1.807, 2.05) is 25.7 Å². The number of halogens is 1. The van der Waals surface area contributed by atoms with E-state index in [1.54, 1.807) is 12.1 Å². The number of nitrogens with zero attached hydrogens (tertiary/aromatic N) is 4. The molecule has 1 aromatic carbocycles. The molecule has 0 bridgehead atoms. The predicted octanol–water partition coefficient (Wildman–Crippen LogP) is 3.29. The molecule has 27 heavy (non-hydrogen) atoms. The zero-order valence-electron chi connectivity index (χ0n) is 16.2. The van der Waals surface area contributed by atoms with E-state index in [9.17, 15) is 9.18 Å². The van der Waals surface area contributed by atoms with Crippen molar-refractivity contribution in [2.75, 3.05) is 24.5 Å². The molecule has 2 aromatic rings. The van der Waals surface area contributed by atoms with Gasteiger partial charge in [0.25, 0.3) is 0 Å². The summed E-state index contributed by atoms with van der Waals surface area (Å²) in [6.07, 6.45) is 0.584. The molecule has 0 radical (unpaired) electrons. The number of carbonyl (C=O) groups is 1. The Hall–Kier alpha value is -2.22. The van der Waals surface area contributed by atoms with Gasteiger partial charge < -0.3 is 15.1 Å². The van der Waals surface area contributed by atoms with Crippen LogP contribution in [-0.2, 0) is 6.42 Å². The Kier molecular flexibility index (Phi) is 5.64. The first-order valence-corrected chi connectivity index (χ1v) is 9.89. The molecule has 8 heteroatoms. The van der Waals surface area contributed by atoms with E-state index < -0.39 is 0 Å². The second-order valence-electron chi connectivity index (χ2n) is 7.97. The van der Waals surface area contributed by atoms with Gasteiger partial charge in [0.05, 0.1) is 0 Å². The van der Waals surface area contributed by atoms with Crippen molar-refractivity contribution in [3.8, 4) is 0 Å². The highest BCUT2D eigenvalue weighted by Gasteiger charge is 2.30.